The Morgan fingerprint density at radius 1 is 1.80 bits per heavy atom. The first-order valence-electron chi connectivity index (χ1n) is 1.95. The van der Waals surface area contributed by atoms with E-state index in [9.17, 15) is 0 Å². The topological polar surface area (TPSA) is 0 Å². The molecule has 0 aromatic rings. The smallest absolute Gasteiger partial charge is 0.0174 e. The van der Waals surface area contributed by atoms with Gasteiger partial charge in [-0.1, -0.05) is 22.9 Å². The normalized spacial score (nSPS) is 49.2. The Bertz CT molecular complexity index is 36.9. The predicted molar refractivity (Wildman–Crippen MR) is 26.5 cm³/mol. The van der Waals surface area contributed by atoms with Gasteiger partial charge >= 0.3 is 0 Å². The molecule has 1 aliphatic carbocycles. The van der Waals surface area contributed by atoms with Gasteiger partial charge in [0.2, 0.25) is 0 Å². The lowest BCUT2D eigenvalue weighted by Gasteiger charge is -1.64. The van der Waals surface area contributed by atoms with Crippen molar-refractivity contribution in [3.05, 3.63) is 0 Å². The third-order valence-electron chi connectivity index (χ3n) is 1.01. The molecule has 0 amide bonds. The van der Waals surface area contributed by atoms with Gasteiger partial charge in [0.1, 0.15) is 0 Å². The second-order valence-corrected chi connectivity index (χ2v) is 2.91. The van der Waals surface area contributed by atoms with E-state index in [-0.39, 0.29) is 0 Å². The molecule has 0 spiro atoms. The summed E-state index contributed by atoms with van der Waals surface area (Å²) < 4.78 is 0. The molecule has 0 radical (unpaired) electrons. The standard InChI is InChI=1S/C4H7Br/c1-3-2-4(3)5/h3-4H,2H2,1H3/t3?,4-/m1/s1. The van der Waals surface area contributed by atoms with Crippen LogP contribution < -0.4 is 0 Å². The summed E-state index contributed by atoms with van der Waals surface area (Å²) in [6.07, 6.45) is 1.39. The van der Waals surface area contributed by atoms with Gasteiger partial charge < -0.3 is 0 Å². The maximum atomic E-state index is 3.45. The van der Waals surface area contributed by atoms with Gasteiger partial charge in [0.05, 0.1) is 0 Å². The van der Waals surface area contributed by atoms with Crippen LogP contribution in [0.1, 0.15) is 13.3 Å². The molecule has 1 rings (SSSR count). The summed E-state index contributed by atoms with van der Waals surface area (Å²) in [6.45, 7) is 2.25. The van der Waals surface area contributed by atoms with E-state index in [1.165, 1.54) is 6.42 Å². The lowest BCUT2D eigenvalue weighted by atomic mass is 10.5. The van der Waals surface area contributed by atoms with Crippen molar-refractivity contribution in [2.45, 2.75) is 18.2 Å². The van der Waals surface area contributed by atoms with E-state index in [4.69, 9.17) is 0 Å². The lowest BCUT2D eigenvalue weighted by Crippen LogP contribution is -1.59. The van der Waals surface area contributed by atoms with E-state index in [1.807, 2.05) is 0 Å². The van der Waals surface area contributed by atoms with Gasteiger partial charge in [-0.25, -0.2) is 0 Å². The first-order valence-corrected chi connectivity index (χ1v) is 2.86. The van der Waals surface area contributed by atoms with Crippen molar-refractivity contribution in [3.63, 3.8) is 0 Å². The molecule has 0 saturated heterocycles. The monoisotopic (exact) mass is 134 g/mol. The van der Waals surface area contributed by atoms with Gasteiger partial charge in [0, 0.05) is 4.83 Å². The number of rotatable bonds is 0. The fourth-order valence-electron chi connectivity index (χ4n) is 0.277. The minimum absolute atomic E-state index is 0.863. The minimum Gasteiger partial charge on any atom is -0.0888 e. The van der Waals surface area contributed by atoms with Crippen molar-refractivity contribution >= 4 is 15.9 Å². The van der Waals surface area contributed by atoms with E-state index in [2.05, 4.69) is 22.9 Å². The number of alkyl halides is 1. The van der Waals surface area contributed by atoms with Crippen LogP contribution in [0.2, 0.25) is 0 Å². The van der Waals surface area contributed by atoms with Crippen molar-refractivity contribution < 1.29 is 0 Å². The Kier molecular flexibility index (Phi) is 0.710. The molecule has 1 aliphatic rings. The van der Waals surface area contributed by atoms with Crippen LogP contribution in [0.15, 0.2) is 0 Å². The van der Waals surface area contributed by atoms with Gasteiger partial charge in [-0.05, 0) is 12.3 Å². The van der Waals surface area contributed by atoms with Crippen molar-refractivity contribution in [2.75, 3.05) is 0 Å². The summed E-state index contributed by atoms with van der Waals surface area (Å²) in [6, 6.07) is 0. The second-order valence-electron chi connectivity index (χ2n) is 1.73. The van der Waals surface area contributed by atoms with Crippen LogP contribution >= 0.6 is 15.9 Å². The highest BCUT2D eigenvalue weighted by atomic mass is 79.9. The van der Waals surface area contributed by atoms with Crippen LogP contribution in [-0.2, 0) is 0 Å². The number of halogens is 1. The third-order valence-corrected chi connectivity index (χ3v) is 2.29. The summed E-state index contributed by atoms with van der Waals surface area (Å²) in [5.41, 5.74) is 0. The van der Waals surface area contributed by atoms with Gasteiger partial charge in [0.15, 0.2) is 0 Å². The number of hydrogen-bond acceptors (Lipinski definition) is 0. The summed E-state index contributed by atoms with van der Waals surface area (Å²) >= 11 is 3.45. The molecule has 0 heterocycles. The average Bonchev–Trinajstić information content (AvgIpc) is 1.79. The first kappa shape index (κ1) is 3.66. The number of hydrogen-bond donors (Lipinski definition) is 0. The van der Waals surface area contributed by atoms with Crippen molar-refractivity contribution in [2.24, 2.45) is 5.92 Å². The molecule has 30 valence electrons. The lowest BCUT2D eigenvalue weighted by molar-refractivity contribution is 0.991. The maximum Gasteiger partial charge on any atom is 0.0174 e. The van der Waals surface area contributed by atoms with Crippen molar-refractivity contribution in [1.29, 1.82) is 0 Å². The maximum absolute atomic E-state index is 3.45. The quantitative estimate of drug-likeness (QED) is 0.444. The molecule has 2 atom stereocenters. The molecule has 0 aromatic carbocycles. The van der Waals surface area contributed by atoms with Crippen LogP contribution in [0.4, 0.5) is 0 Å². The fourth-order valence-corrected chi connectivity index (χ4v) is 0.866. The highest BCUT2D eigenvalue weighted by Crippen LogP contribution is 2.36. The Morgan fingerprint density at radius 2 is 2.00 bits per heavy atom. The van der Waals surface area contributed by atoms with Crippen LogP contribution in [-0.4, -0.2) is 4.83 Å². The molecule has 0 N–H and O–H groups in total. The van der Waals surface area contributed by atoms with Crippen molar-refractivity contribution in [1.82, 2.24) is 0 Å². The van der Waals surface area contributed by atoms with Gasteiger partial charge in [-0.3, -0.25) is 0 Å². The van der Waals surface area contributed by atoms with E-state index in [0.29, 0.717) is 0 Å². The summed E-state index contributed by atoms with van der Waals surface area (Å²) in [5.74, 6) is 0.968. The molecule has 1 heteroatoms. The first-order chi connectivity index (χ1) is 2.30. The zero-order valence-electron chi connectivity index (χ0n) is 3.24. The van der Waals surface area contributed by atoms with Crippen molar-refractivity contribution in [3.8, 4) is 0 Å². The van der Waals surface area contributed by atoms with Crippen LogP contribution in [0.25, 0.3) is 0 Å². The van der Waals surface area contributed by atoms with Gasteiger partial charge in [-0.15, -0.1) is 0 Å². The molecular formula is C4H7Br. The molecule has 1 saturated carbocycles. The molecule has 0 bridgehead atoms. The Morgan fingerprint density at radius 3 is 2.00 bits per heavy atom. The SMILES string of the molecule is CC1C[C@H]1Br. The van der Waals surface area contributed by atoms with E-state index >= 15 is 0 Å². The van der Waals surface area contributed by atoms with Crippen LogP contribution in [0.3, 0.4) is 0 Å². The van der Waals surface area contributed by atoms with Gasteiger partial charge in [0.25, 0.3) is 0 Å². The second kappa shape index (κ2) is 0.970. The Hall–Kier alpha value is 0.480. The summed E-state index contributed by atoms with van der Waals surface area (Å²) in [5, 5.41) is 0. The molecule has 0 aromatic heterocycles. The third kappa shape index (κ3) is 0.656. The Labute approximate surface area is 40.7 Å². The van der Waals surface area contributed by atoms with Crippen LogP contribution in [0.5, 0.6) is 0 Å². The zero-order valence-corrected chi connectivity index (χ0v) is 4.83. The van der Waals surface area contributed by atoms with E-state index in [1.54, 1.807) is 0 Å². The molecule has 0 nitrogen and oxygen atoms in total. The fraction of sp³-hybridized carbons (Fsp3) is 1.00. The zero-order chi connectivity index (χ0) is 3.86. The Balaban J connectivity index is 2.20. The minimum atomic E-state index is 0.863. The van der Waals surface area contributed by atoms with E-state index in [0.717, 1.165) is 10.7 Å². The molecule has 1 fully saturated rings. The van der Waals surface area contributed by atoms with E-state index < -0.39 is 0 Å². The van der Waals surface area contributed by atoms with Crippen LogP contribution in [0, 0.1) is 5.92 Å². The van der Waals surface area contributed by atoms with Gasteiger partial charge in [-0.2, -0.15) is 0 Å². The molecule has 1 unspecified atom stereocenters. The predicted octanol–water partition coefficient (Wildman–Crippen LogP) is 1.79. The molecule has 5 heavy (non-hydrogen) atoms. The largest absolute Gasteiger partial charge is 0.0888 e. The molecular weight excluding hydrogens is 128 g/mol. The summed E-state index contributed by atoms with van der Waals surface area (Å²) in [7, 11) is 0. The highest BCUT2D eigenvalue weighted by Gasteiger charge is 2.28. The molecule has 0 aliphatic heterocycles. The summed E-state index contributed by atoms with van der Waals surface area (Å²) in [4.78, 5) is 0.863. The highest BCUT2D eigenvalue weighted by molar-refractivity contribution is 9.09. The average molecular weight is 135 g/mol.